The number of carbonyl (C=O) groups is 1. The second kappa shape index (κ2) is 5.57. The molecule has 1 aromatic carbocycles. The van der Waals surface area contributed by atoms with Crippen LogP contribution in [0.1, 0.15) is 10.4 Å². The number of hydrogen-bond donors (Lipinski definition) is 3. The first-order valence-corrected chi connectivity index (χ1v) is 6.65. The van der Waals surface area contributed by atoms with Gasteiger partial charge >= 0.3 is 0 Å². The Morgan fingerprint density at radius 2 is 1.95 bits per heavy atom. The normalized spacial score (nSPS) is 10.2. The van der Waals surface area contributed by atoms with Crippen molar-refractivity contribution in [2.75, 3.05) is 17.3 Å². The van der Waals surface area contributed by atoms with Crippen LogP contribution in [-0.2, 0) is 0 Å². The SMILES string of the molecule is CSc1ncnc(Nc2ccc(C(N)=O)cc2)c1N. The molecule has 0 saturated carbocycles. The first-order chi connectivity index (χ1) is 9.11. The second-order valence-electron chi connectivity index (χ2n) is 3.71. The predicted molar refractivity (Wildman–Crippen MR) is 76.5 cm³/mol. The lowest BCUT2D eigenvalue weighted by atomic mass is 10.2. The van der Waals surface area contributed by atoms with E-state index in [1.165, 1.54) is 18.1 Å². The predicted octanol–water partition coefficient (Wildman–Crippen LogP) is 1.62. The van der Waals surface area contributed by atoms with Crippen LogP contribution in [0.15, 0.2) is 35.6 Å². The molecule has 2 aromatic rings. The summed E-state index contributed by atoms with van der Waals surface area (Å²) in [6, 6.07) is 6.75. The van der Waals surface area contributed by atoms with E-state index in [2.05, 4.69) is 15.3 Å². The van der Waals surface area contributed by atoms with E-state index in [1.807, 2.05) is 6.26 Å². The van der Waals surface area contributed by atoms with E-state index in [4.69, 9.17) is 11.5 Å². The van der Waals surface area contributed by atoms with Crippen LogP contribution in [0.5, 0.6) is 0 Å². The van der Waals surface area contributed by atoms with E-state index in [9.17, 15) is 4.79 Å². The van der Waals surface area contributed by atoms with Gasteiger partial charge < -0.3 is 16.8 Å². The number of nitrogens with one attached hydrogen (secondary N) is 1. The highest BCUT2D eigenvalue weighted by atomic mass is 32.2. The molecule has 5 N–H and O–H groups in total. The van der Waals surface area contributed by atoms with Gasteiger partial charge in [-0.2, -0.15) is 0 Å². The number of rotatable bonds is 4. The summed E-state index contributed by atoms with van der Waals surface area (Å²) in [5.41, 5.74) is 12.8. The number of amides is 1. The van der Waals surface area contributed by atoms with Gasteiger partial charge in [0.1, 0.15) is 17.0 Å². The Bertz CT molecular complexity index is 600. The second-order valence-corrected chi connectivity index (χ2v) is 4.51. The van der Waals surface area contributed by atoms with Gasteiger partial charge in [0, 0.05) is 11.3 Å². The summed E-state index contributed by atoms with van der Waals surface area (Å²) in [5.74, 6) is 0.0731. The lowest BCUT2D eigenvalue weighted by Gasteiger charge is -2.10. The fourth-order valence-corrected chi connectivity index (χ4v) is 1.97. The Hall–Kier alpha value is -2.28. The van der Waals surface area contributed by atoms with Crippen molar-refractivity contribution in [3.63, 3.8) is 0 Å². The average molecular weight is 275 g/mol. The topological polar surface area (TPSA) is 107 Å². The van der Waals surface area contributed by atoms with E-state index >= 15 is 0 Å². The number of nitrogens with two attached hydrogens (primary N) is 2. The molecule has 0 radical (unpaired) electrons. The van der Waals surface area contributed by atoms with E-state index in [0.717, 1.165) is 5.69 Å². The molecule has 98 valence electrons. The minimum absolute atomic E-state index is 0.450. The standard InChI is InChI=1S/C12H13N5OS/c1-19-12-9(13)11(15-6-16-12)17-8-4-2-7(3-5-8)10(14)18/h2-6H,13H2,1H3,(H2,14,18)(H,15,16,17). The molecule has 0 bridgehead atoms. The molecule has 0 aliphatic carbocycles. The van der Waals surface area contributed by atoms with Crippen LogP contribution in [0.25, 0.3) is 0 Å². The molecule has 7 heteroatoms. The summed E-state index contributed by atoms with van der Waals surface area (Å²) in [7, 11) is 0. The quantitative estimate of drug-likeness (QED) is 0.578. The third kappa shape index (κ3) is 2.94. The van der Waals surface area contributed by atoms with Gasteiger partial charge in [-0.05, 0) is 30.5 Å². The zero-order valence-electron chi connectivity index (χ0n) is 10.3. The molecule has 2 rings (SSSR count). The van der Waals surface area contributed by atoms with Gasteiger partial charge in [0.25, 0.3) is 0 Å². The molecule has 0 unspecified atom stereocenters. The number of aromatic nitrogens is 2. The Kier molecular flexibility index (Phi) is 3.86. The van der Waals surface area contributed by atoms with Gasteiger partial charge in [-0.25, -0.2) is 9.97 Å². The maximum Gasteiger partial charge on any atom is 0.248 e. The molecule has 19 heavy (non-hydrogen) atoms. The molecule has 1 heterocycles. The van der Waals surface area contributed by atoms with Crippen molar-refractivity contribution in [3.8, 4) is 0 Å². The summed E-state index contributed by atoms with van der Waals surface area (Å²) >= 11 is 1.45. The molecule has 0 aliphatic rings. The minimum atomic E-state index is -0.460. The molecule has 1 aromatic heterocycles. The Morgan fingerprint density at radius 1 is 1.26 bits per heavy atom. The first kappa shape index (κ1) is 13.2. The zero-order valence-corrected chi connectivity index (χ0v) is 11.1. The van der Waals surface area contributed by atoms with Gasteiger partial charge in [0.2, 0.25) is 5.91 Å². The van der Waals surface area contributed by atoms with Crippen molar-refractivity contribution in [1.29, 1.82) is 0 Å². The monoisotopic (exact) mass is 275 g/mol. The summed E-state index contributed by atoms with van der Waals surface area (Å²) in [4.78, 5) is 19.1. The van der Waals surface area contributed by atoms with Crippen LogP contribution in [-0.4, -0.2) is 22.1 Å². The molecule has 6 nitrogen and oxygen atoms in total. The summed E-state index contributed by atoms with van der Waals surface area (Å²) in [6.07, 6.45) is 3.34. The number of hydrogen-bond acceptors (Lipinski definition) is 6. The van der Waals surface area contributed by atoms with Crippen LogP contribution in [0.2, 0.25) is 0 Å². The van der Waals surface area contributed by atoms with E-state index in [0.29, 0.717) is 22.1 Å². The third-order valence-corrected chi connectivity index (χ3v) is 3.18. The van der Waals surface area contributed by atoms with Gasteiger partial charge in [0.15, 0.2) is 5.82 Å². The Labute approximate surface area is 114 Å². The maximum absolute atomic E-state index is 11.0. The summed E-state index contributed by atoms with van der Waals surface area (Å²) in [5, 5.41) is 3.79. The number of thioether (sulfide) groups is 1. The largest absolute Gasteiger partial charge is 0.394 e. The highest BCUT2D eigenvalue weighted by Gasteiger charge is 2.07. The number of nitrogens with zero attached hydrogens (tertiary/aromatic N) is 2. The minimum Gasteiger partial charge on any atom is -0.394 e. The number of nitrogen functional groups attached to an aromatic ring is 1. The molecule has 0 saturated heterocycles. The zero-order chi connectivity index (χ0) is 13.8. The van der Waals surface area contributed by atoms with Crippen LogP contribution in [0, 0.1) is 0 Å². The number of carbonyl (C=O) groups excluding carboxylic acids is 1. The molecule has 0 aliphatic heterocycles. The van der Waals surface area contributed by atoms with Gasteiger partial charge in [-0.1, -0.05) is 0 Å². The summed E-state index contributed by atoms with van der Waals surface area (Å²) in [6.45, 7) is 0. The van der Waals surface area contributed by atoms with Gasteiger partial charge in [-0.3, -0.25) is 4.79 Å². The molecule has 0 atom stereocenters. The van der Waals surface area contributed by atoms with Crippen LogP contribution in [0.4, 0.5) is 17.2 Å². The molecule has 1 amide bonds. The van der Waals surface area contributed by atoms with Crippen molar-refractivity contribution >= 4 is 34.9 Å². The molecular weight excluding hydrogens is 262 g/mol. The van der Waals surface area contributed by atoms with E-state index < -0.39 is 5.91 Å². The van der Waals surface area contributed by atoms with E-state index in [1.54, 1.807) is 24.3 Å². The summed E-state index contributed by atoms with van der Waals surface area (Å²) < 4.78 is 0. The molecule has 0 spiro atoms. The third-order valence-electron chi connectivity index (χ3n) is 2.47. The molecular formula is C12H13N5OS. The van der Waals surface area contributed by atoms with Crippen molar-refractivity contribution in [2.45, 2.75) is 5.03 Å². The lowest BCUT2D eigenvalue weighted by molar-refractivity contribution is 0.100. The van der Waals surface area contributed by atoms with Crippen LogP contribution >= 0.6 is 11.8 Å². The smallest absolute Gasteiger partial charge is 0.248 e. The van der Waals surface area contributed by atoms with Gasteiger partial charge in [0.05, 0.1) is 0 Å². The Balaban J connectivity index is 2.24. The van der Waals surface area contributed by atoms with E-state index in [-0.39, 0.29) is 0 Å². The number of anilines is 3. The molecule has 0 fully saturated rings. The maximum atomic E-state index is 11.0. The average Bonchev–Trinajstić information content (AvgIpc) is 2.42. The van der Waals surface area contributed by atoms with Crippen molar-refractivity contribution in [3.05, 3.63) is 36.2 Å². The Morgan fingerprint density at radius 3 is 2.53 bits per heavy atom. The number of benzene rings is 1. The fraction of sp³-hybridized carbons (Fsp3) is 0.0833. The van der Waals surface area contributed by atoms with Crippen LogP contribution in [0.3, 0.4) is 0 Å². The first-order valence-electron chi connectivity index (χ1n) is 5.43. The van der Waals surface area contributed by atoms with Gasteiger partial charge in [-0.15, -0.1) is 11.8 Å². The van der Waals surface area contributed by atoms with Crippen molar-refractivity contribution in [2.24, 2.45) is 5.73 Å². The highest BCUT2D eigenvalue weighted by molar-refractivity contribution is 7.98. The van der Waals surface area contributed by atoms with Crippen molar-refractivity contribution < 1.29 is 4.79 Å². The lowest BCUT2D eigenvalue weighted by Crippen LogP contribution is -2.10. The number of primary amides is 1. The fourth-order valence-electron chi connectivity index (χ4n) is 1.50. The highest BCUT2D eigenvalue weighted by Crippen LogP contribution is 2.27. The van der Waals surface area contributed by atoms with Crippen molar-refractivity contribution in [1.82, 2.24) is 9.97 Å². The van der Waals surface area contributed by atoms with Crippen LogP contribution < -0.4 is 16.8 Å².